The van der Waals surface area contributed by atoms with Crippen molar-refractivity contribution in [3.8, 4) is 0 Å². The van der Waals surface area contributed by atoms with Gasteiger partial charge < -0.3 is 19.9 Å². The lowest BCUT2D eigenvalue weighted by Crippen LogP contribution is -2.50. The molecular weight excluding hydrogens is 330 g/mol. The van der Waals surface area contributed by atoms with Gasteiger partial charge in [0.05, 0.1) is 0 Å². The highest BCUT2D eigenvalue weighted by Crippen LogP contribution is 2.35. The average molecular weight is 359 g/mol. The lowest BCUT2D eigenvalue weighted by Gasteiger charge is -2.36. The van der Waals surface area contributed by atoms with Gasteiger partial charge in [-0.25, -0.2) is 9.78 Å². The Labute approximate surface area is 155 Å². The molecule has 1 aromatic heterocycles. The molecule has 3 aliphatic heterocycles. The van der Waals surface area contributed by atoms with Crippen LogP contribution in [-0.4, -0.2) is 72.3 Å². The predicted molar refractivity (Wildman–Crippen MR) is 100 cm³/mol. The number of carbonyl (C=O) groups excluding carboxylic acids is 1. The molecule has 0 aromatic carbocycles. The maximum Gasteiger partial charge on any atom is 0.410 e. The van der Waals surface area contributed by atoms with Crippen LogP contribution in [0.5, 0.6) is 0 Å². The zero-order valence-electron chi connectivity index (χ0n) is 16.0. The van der Waals surface area contributed by atoms with Crippen molar-refractivity contribution < 1.29 is 9.53 Å². The fourth-order valence-electron chi connectivity index (χ4n) is 4.01. The van der Waals surface area contributed by atoms with E-state index in [1.54, 1.807) is 4.90 Å². The van der Waals surface area contributed by atoms with Crippen molar-refractivity contribution in [3.63, 3.8) is 0 Å². The SMILES string of the molecule is CC(C)(C)OC(=O)N1CCN(c2cc3c(cn2)C2CNCCN2C3)CC1. The number of ether oxygens (including phenoxy) is 1. The molecule has 1 amide bonds. The van der Waals surface area contributed by atoms with Gasteiger partial charge in [-0.2, -0.15) is 0 Å². The molecular formula is C19H29N5O2. The van der Waals surface area contributed by atoms with Crippen LogP contribution < -0.4 is 10.2 Å². The maximum absolute atomic E-state index is 12.2. The van der Waals surface area contributed by atoms with Gasteiger partial charge in [0.2, 0.25) is 0 Å². The number of carbonyl (C=O) groups is 1. The lowest BCUT2D eigenvalue weighted by atomic mass is 10.1. The van der Waals surface area contributed by atoms with Crippen LogP contribution in [-0.2, 0) is 11.3 Å². The number of nitrogens with one attached hydrogen (secondary N) is 1. The number of hydrogen-bond donors (Lipinski definition) is 1. The molecule has 2 saturated heterocycles. The molecule has 0 bridgehead atoms. The summed E-state index contributed by atoms with van der Waals surface area (Å²) in [4.78, 5) is 23.5. The van der Waals surface area contributed by atoms with E-state index in [9.17, 15) is 4.79 Å². The van der Waals surface area contributed by atoms with Crippen LogP contribution in [0.15, 0.2) is 12.3 Å². The molecule has 1 atom stereocenters. The molecule has 0 aliphatic carbocycles. The molecule has 26 heavy (non-hydrogen) atoms. The van der Waals surface area contributed by atoms with Crippen molar-refractivity contribution in [1.82, 2.24) is 20.1 Å². The number of hydrogen-bond acceptors (Lipinski definition) is 6. The molecule has 3 aliphatic rings. The highest BCUT2D eigenvalue weighted by atomic mass is 16.6. The average Bonchev–Trinajstić information content (AvgIpc) is 2.98. The third-order valence-electron chi connectivity index (χ3n) is 5.35. The van der Waals surface area contributed by atoms with E-state index in [1.165, 1.54) is 11.1 Å². The molecule has 1 unspecified atom stereocenters. The highest BCUT2D eigenvalue weighted by molar-refractivity contribution is 5.68. The van der Waals surface area contributed by atoms with E-state index in [1.807, 2.05) is 20.8 Å². The van der Waals surface area contributed by atoms with E-state index >= 15 is 0 Å². The standard InChI is InChI=1S/C19H29N5O2/c1-19(2,3)26-18(25)23-8-6-22(7-9-23)17-10-14-13-24-5-4-20-12-16(24)15(14)11-21-17/h10-11,16,20H,4-9,12-13H2,1-3H3. The van der Waals surface area contributed by atoms with Gasteiger partial charge in [-0.15, -0.1) is 0 Å². The minimum atomic E-state index is -0.448. The van der Waals surface area contributed by atoms with Gasteiger partial charge in [-0.3, -0.25) is 4.90 Å². The predicted octanol–water partition coefficient (Wildman–Crippen LogP) is 1.60. The van der Waals surface area contributed by atoms with Crippen LogP contribution in [0.25, 0.3) is 0 Å². The van der Waals surface area contributed by atoms with Gasteiger partial charge in [0.15, 0.2) is 0 Å². The molecule has 2 fully saturated rings. The monoisotopic (exact) mass is 359 g/mol. The summed E-state index contributed by atoms with van der Waals surface area (Å²) in [7, 11) is 0. The van der Waals surface area contributed by atoms with Crippen molar-refractivity contribution in [1.29, 1.82) is 0 Å². The molecule has 4 heterocycles. The first-order valence-electron chi connectivity index (χ1n) is 9.57. The Kier molecular flexibility index (Phi) is 4.52. The number of pyridine rings is 1. The zero-order valence-corrected chi connectivity index (χ0v) is 16.0. The number of piperazine rings is 2. The van der Waals surface area contributed by atoms with Crippen molar-refractivity contribution in [2.24, 2.45) is 0 Å². The largest absolute Gasteiger partial charge is 0.444 e. The van der Waals surface area contributed by atoms with Gasteiger partial charge in [0, 0.05) is 64.6 Å². The Morgan fingerprint density at radius 2 is 2.00 bits per heavy atom. The Bertz CT molecular complexity index is 679. The number of anilines is 1. The second-order valence-electron chi connectivity index (χ2n) is 8.39. The molecule has 0 saturated carbocycles. The van der Waals surface area contributed by atoms with Gasteiger partial charge in [0.1, 0.15) is 11.4 Å². The minimum Gasteiger partial charge on any atom is -0.444 e. The molecule has 1 N–H and O–H groups in total. The summed E-state index contributed by atoms with van der Waals surface area (Å²) in [5.74, 6) is 1.03. The Hall–Kier alpha value is -1.86. The van der Waals surface area contributed by atoms with Crippen LogP contribution in [0.3, 0.4) is 0 Å². The number of fused-ring (bicyclic) bond motifs is 3. The highest BCUT2D eigenvalue weighted by Gasteiger charge is 2.33. The van der Waals surface area contributed by atoms with Gasteiger partial charge >= 0.3 is 6.09 Å². The third-order valence-corrected chi connectivity index (χ3v) is 5.35. The first kappa shape index (κ1) is 17.5. The molecule has 7 heteroatoms. The van der Waals surface area contributed by atoms with E-state index in [0.29, 0.717) is 19.1 Å². The van der Waals surface area contributed by atoms with Crippen LogP contribution in [0, 0.1) is 0 Å². The quantitative estimate of drug-likeness (QED) is 0.822. The Morgan fingerprint density at radius 3 is 2.73 bits per heavy atom. The number of nitrogens with zero attached hydrogens (tertiary/aromatic N) is 4. The van der Waals surface area contributed by atoms with E-state index < -0.39 is 5.60 Å². The second kappa shape index (κ2) is 6.70. The topological polar surface area (TPSA) is 60.9 Å². The number of amides is 1. The van der Waals surface area contributed by atoms with Crippen molar-refractivity contribution in [3.05, 3.63) is 23.4 Å². The van der Waals surface area contributed by atoms with Crippen LogP contribution >= 0.6 is 0 Å². The van der Waals surface area contributed by atoms with E-state index in [2.05, 4.69) is 27.4 Å². The molecule has 0 spiro atoms. The molecule has 142 valence electrons. The van der Waals surface area contributed by atoms with Gasteiger partial charge in [-0.1, -0.05) is 0 Å². The summed E-state index contributed by atoms with van der Waals surface area (Å²) in [5.41, 5.74) is 2.32. The van der Waals surface area contributed by atoms with E-state index in [0.717, 1.165) is 45.1 Å². The Balaban J connectivity index is 1.39. The van der Waals surface area contributed by atoms with Crippen LogP contribution in [0.4, 0.5) is 10.6 Å². The molecule has 4 rings (SSSR count). The summed E-state index contributed by atoms with van der Waals surface area (Å²) < 4.78 is 5.47. The smallest absolute Gasteiger partial charge is 0.410 e. The minimum absolute atomic E-state index is 0.219. The molecule has 0 radical (unpaired) electrons. The summed E-state index contributed by atoms with van der Waals surface area (Å²) in [6, 6.07) is 2.72. The third kappa shape index (κ3) is 3.50. The summed E-state index contributed by atoms with van der Waals surface area (Å²) in [6.45, 7) is 12.8. The van der Waals surface area contributed by atoms with Gasteiger partial charge in [-0.05, 0) is 38.0 Å². The Morgan fingerprint density at radius 1 is 1.23 bits per heavy atom. The zero-order chi connectivity index (χ0) is 18.3. The van der Waals surface area contributed by atoms with Crippen LogP contribution in [0.1, 0.15) is 37.9 Å². The lowest BCUT2D eigenvalue weighted by molar-refractivity contribution is 0.0240. The summed E-state index contributed by atoms with van der Waals surface area (Å²) in [5, 5.41) is 3.48. The summed E-state index contributed by atoms with van der Waals surface area (Å²) in [6.07, 6.45) is 1.84. The maximum atomic E-state index is 12.2. The molecule has 7 nitrogen and oxygen atoms in total. The fraction of sp³-hybridized carbons (Fsp3) is 0.684. The second-order valence-corrected chi connectivity index (χ2v) is 8.39. The summed E-state index contributed by atoms with van der Waals surface area (Å²) >= 11 is 0. The molecule has 1 aromatic rings. The van der Waals surface area contributed by atoms with Crippen molar-refractivity contribution >= 4 is 11.9 Å². The normalized spacial score (nSPS) is 23.6. The van der Waals surface area contributed by atoms with Crippen molar-refractivity contribution in [2.45, 2.75) is 39.0 Å². The van der Waals surface area contributed by atoms with E-state index in [-0.39, 0.29) is 6.09 Å². The number of rotatable bonds is 1. The van der Waals surface area contributed by atoms with E-state index in [4.69, 9.17) is 9.72 Å². The van der Waals surface area contributed by atoms with Crippen molar-refractivity contribution in [2.75, 3.05) is 50.7 Å². The van der Waals surface area contributed by atoms with Crippen LogP contribution in [0.2, 0.25) is 0 Å². The van der Waals surface area contributed by atoms with Gasteiger partial charge in [0.25, 0.3) is 0 Å². The number of aromatic nitrogens is 1. The fourth-order valence-corrected chi connectivity index (χ4v) is 4.01. The first-order chi connectivity index (χ1) is 12.4. The first-order valence-corrected chi connectivity index (χ1v) is 9.57.